The van der Waals surface area contributed by atoms with Crippen molar-refractivity contribution in [2.24, 2.45) is 0 Å². The van der Waals surface area contributed by atoms with Gasteiger partial charge in [0, 0.05) is 31.7 Å². The summed E-state index contributed by atoms with van der Waals surface area (Å²) in [5, 5.41) is 0. The Bertz CT molecular complexity index is 1520. The van der Waals surface area contributed by atoms with E-state index in [9.17, 15) is 4.79 Å². The van der Waals surface area contributed by atoms with Gasteiger partial charge < -0.3 is 28.3 Å². The van der Waals surface area contributed by atoms with Crippen LogP contribution in [-0.2, 0) is 30.9 Å². The normalized spacial score (nSPS) is 13.2. The number of unbranched alkanes of at least 4 members (excludes halogenated alkanes) is 1. The highest BCUT2D eigenvalue weighted by Crippen LogP contribution is 2.35. The molecule has 0 N–H and O–H groups in total. The molecule has 0 radical (unpaired) electrons. The number of carbonyl (C=O) groups is 1. The third-order valence-corrected chi connectivity index (χ3v) is 7.44. The lowest BCUT2D eigenvalue weighted by molar-refractivity contribution is 0.0368. The number of hydrogen-bond donors (Lipinski definition) is 0. The maximum atomic E-state index is 13.5. The first-order valence-corrected chi connectivity index (χ1v) is 14.8. The van der Waals surface area contributed by atoms with E-state index in [-0.39, 0.29) is 19.7 Å². The average Bonchev–Trinajstić information content (AvgIpc) is 3.74. The first kappa shape index (κ1) is 28.6. The number of hydrogen-bond acceptors (Lipinski definition) is 8. The number of benzene rings is 3. The van der Waals surface area contributed by atoms with Gasteiger partial charge in [0.05, 0.1) is 11.8 Å². The van der Waals surface area contributed by atoms with Gasteiger partial charge in [-0.25, -0.2) is 9.78 Å². The van der Waals surface area contributed by atoms with Crippen molar-refractivity contribution in [3.63, 3.8) is 0 Å². The van der Waals surface area contributed by atoms with Crippen LogP contribution in [-0.4, -0.2) is 40.1 Å². The molecule has 0 aliphatic carbocycles. The second kappa shape index (κ2) is 12.8. The summed E-state index contributed by atoms with van der Waals surface area (Å²) in [5.41, 5.74) is 4.28. The number of esters is 1. The Morgan fingerprint density at radius 2 is 1.47 bits per heavy atom. The second-order valence-electron chi connectivity index (χ2n) is 11.1. The van der Waals surface area contributed by atoms with E-state index in [2.05, 4.69) is 28.5 Å². The van der Waals surface area contributed by atoms with Crippen molar-refractivity contribution in [2.75, 3.05) is 13.6 Å². The van der Waals surface area contributed by atoms with Crippen LogP contribution in [0.15, 0.2) is 66.7 Å². The zero-order valence-corrected chi connectivity index (χ0v) is 24.9. The summed E-state index contributed by atoms with van der Waals surface area (Å²) in [6.45, 7) is 8.73. The Hall–Kier alpha value is -4.50. The molecular formula is C34H37N3O6. The second-order valence-corrected chi connectivity index (χ2v) is 11.1. The maximum absolute atomic E-state index is 13.5. The SMILES string of the molecule is CCCCn1c(-c2ccccc2)nc(C(=O)OC(C)C)c1CN(Cc1ccc2c(c1)OCO2)Cc1ccc2c(c1)OCO2. The standard InChI is InChI=1S/C34H37N3O6/c1-4-5-15-37-27(32(34(38)43-23(2)3)35-33(37)26-9-7-6-8-10-26)20-36(18-24-11-13-28-30(16-24)41-21-39-28)19-25-12-14-29-31(17-25)42-22-40-29/h6-14,16-17,23H,4-5,15,18-22H2,1-3H3. The maximum Gasteiger partial charge on any atom is 0.359 e. The molecule has 4 aromatic rings. The smallest absolute Gasteiger partial charge is 0.359 e. The molecule has 3 aromatic carbocycles. The van der Waals surface area contributed by atoms with Gasteiger partial charge >= 0.3 is 5.97 Å². The minimum Gasteiger partial charge on any atom is -0.458 e. The van der Waals surface area contributed by atoms with Gasteiger partial charge in [-0.3, -0.25) is 4.90 Å². The molecule has 0 spiro atoms. The molecule has 224 valence electrons. The van der Waals surface area contributed by atoms with Crippen LogP contribution in [0.5, 0.6) is 23.0 Å². The number of ether oxygens (including phenoxy) is 5. The molecule has 0 bridgehead atoms. The molecule has 0 unspecified atom stereocenters. The summed E-state index contributed by atoms with van der Waals surface area (Å²) in [7, 11) is 0. The van der Waals surface area contributed by atoms with Crippen LogP contribution in [0, 0.1) is 0 Å². The number of nitrogens with zero attached hydrogens (tertiary/aromatic N) is 3. The molecule has 43 heavy (non-hydrogen) atoms. The summed E-state index contributed by atoms with van der Waals surface area (Å²) in [6.07, 6.45) is 1.70. The molecule has 1 aromatic heterocycles. The van der Waals surface area contributed by atoms with Crippen LogP contribution in [0.25, 0.3) is 11.4 Å². The molecule has 9 heteroatoms. The predicted molar refractivity (Wildman–Crippen MR) is 161 cm³/mol. The van der Waals surface area contributed by atoms with Crippen LogP contribution in [0.1, 0.15) is 60.9 Å². The monoisotopic (exact) mass is 583 g/mol. The summed E-state index contributed by atoms with van der Waals surface area (Å²) >= 11 is 0. The Balaban J connectivity index is 1.41. The van der Waals surface area contributed by atoms with Gasteiger partial charge in [0.1, 0.15) is 5.82 Å². The molecule has 0 saturated heterocycles. The minimum absolute atomic E-state index is 0.222. The fraction of sp³-hybridized carbons (Fsp3) is 0.353. The largest absolute Gasteiger partial charge is 0.458 e. The first-order chi connectivity index (χ1) is 21.0. The van der Waals surface area contributed by atoms with Crippen molar-refractivity contribution in [1.82, 2.24) is 14.5 Å². The lowest BCUT2D eigenvalue weighted by Crippen LogP contribution is -2.26. The average molecular weight is 584 g/mol. The van der Waals surface area contributed by atoms with Crippen LogP contribution in [0.4, 0.5) is 0 Å². The lowest BCUT2D eigenvalue weighted by atomic mass is 10.1. The Labute approximate surface area is 251 Å². The molecule has 3 heterocycles. The topological polar surface area (TPSA) is 84.3 Å². The molecule has 6 rings (SSSR count). The van der Waals surface area contributed by atoms with Crippen molar-refractivity contribution < 1.29 is 28.5 Å². The molecule has 0 amide bonds. The third-order valence-electron chi connectivity index (χ3n) is 7.44. The van der Waals surface area contributed by atoms with Crippen molar-refractivity contribution in [2.45, 2.75) is 65.9 Å². The van der Waals surface area contributed by atoms with E-state index in [1.165, 1.54) is 0 Å². The van der Waals surface area contributed by atoms with Crippen LogP contribution >= 0.6 is 0 Å². The highest BCUT2D eigenvalue weighted by Gasteiger charge is 2.27. The summed E-state index contributed by atoms with van der Waals surface area (Å²) in [6, 6.07) is 22.1. The van der Waals surface area contributed by atoms with Gasteiger partial charge in [0.2, 0.25) is 13.6 Å². The molecule has 0 saturated carbocycles. The first-order valence-electron chi connectivity index (χ1n) is 14.8. The summed E-state index contributed by atoms with van der Waals surface area (Å²) < 4.78 is 30.3. The molecule has 0 atom stereocenters. The Kier molecular flexibility index (Phi) is 8.51. The van der Waals surface area contributed by atoms with Crippen molar-refractivity contribution >= 4 is 5.97 Å². The zero-order valence-electron chi connectivity index (χ0n) is 24.9. The van der Waals surface area contributed by atoms with Gasteiger partial charge in [-0.05, 0) is 55.7 Å². The van der Waals surface area contributed by atoms with Gasteiger partial charge in [-0.2, -0.15) is 0 Å². The van der Waals surface area contributed by atoms with Gasteiger partial charge in [0.25, 0.3) is 0 Å². The third kappa shape index (κ3) is 6.46. The van der Waals surface area contributed by atoms with E-state index in [1.54, 1.807) is 0 Å². The molecule has 0 fully saturated rings. The van der Waals surface area contributed by atoms with Crippen LogP contribution in [0.2, 0.25) is 0 Å². The summed E-state index contributed by atoms with van der Waals surface area (Å²) in [5.74, 6) is 3.32. The van der Waals surface area contributed by atoms with E-state index in [4.69, 9.17) is 28.7 Å². The Morgan fingerprint density at radius 3 is 2.05 bits per heavy atom. The molecule has 2 aliphatic heterocycles. The lowest BCUT2D eigenvalue weighted by Gasteiger charge is -2.24. The number of imidazole rings is 1. The number of carbonyl (C=O) groups excluding carboxylic acids is 1. The van der Waals surface area contributed by atoms with Crippen molar-refractivity contribution in [1.29, 1.82) is 0 Å². The van der Waals surface area contributed by atoms with Gasteiger partial charge in [-0.15, -0.1) is 0 Å². The zero-order chi connectivity index (χ0) is 29.8. The molecule has 2 aliphatic rings. The molecular weight excluding hydrogens is 546 g/mol. The highest BCUT2D eigenvalue weighted by atomic mass is 16.7. The fourth-order valence-electron chi connectivity index (χ4n) is 5.42. The van der Waals surface area contributed by atoms with Crippen molar-refractivity contribution in [3.05, 3.63) is 89.2 Å². The van der Waals surface area contributed by atoms with E-state index in [0.717, 1.165) is 70.6 Å². The number of fused-ring (bicyclic) bond motifs is 2. The minimum atomic E-state index is -0.413. The van der Waals surface area contributed by atoms with E-state index >= 15 is 0 Å². The fourth-order valence-corrected chi connectivity index (χ4v) is 5.42. The van der Waals surface area contributed by atoms with E-state index in [0.29, 0.717) is 25.3 Å². The van der Waals surface area contributed by atoms with Crippen molar-refractivity contribution in [3.8, 4) is 34.4 Å². The van der Waals surface area contributed by atoms with Crippen LogP contribution in [0.3, 0.4) is 0 Å². The summed E-state index contributed by atoms with van der Waals surface area (Å²) in [4.78, 5) is 20.8. The van der Waals surface area contributed by atoms with Crippen LogP contribution < -0.4 is 18.9 Å². The molecule has 9 nitrogen and oxygen atoms in total. The van der Waals surface area contributed by atoms with Gasteiger partial charge in [-0.1, -0.05) is 55.8 Å². The van der Waals surface area contributed by atoms with E-state index in [1.807, 2.05) is 68.4 Å². The van der Waals surface area contributed by atoms with E-state index < -0.39 is 5.97 Å². The Morgan fingerprint density at radius 1 is 0.860 bits per heavy atom. The number of rotatable bonds is 12. The quantitative estimate of drug-likeness (QED) is 0.173. The number of aromatic nitrogens is 2. The predicted octanol–water partition coefficient (Wildman–Crippen LogP) is 6.58. The van der Waals surface area contributed by atoms with Gasteiger partial charge in [0.15, 0.2) is 28.7 Å². The highest BCUT2D eigenvalue weighted by molar-refractivity contribution is 5.89.